The van der Waals surface area contributed by atoms with Crippen molar-refractivity contribution in [1.29, 1.82) is 0 Å². The Morgan fingerprint density at radius 3 is 2.83 bits per heavy atom. The molecule has 3 aromatic rings. The average molecular weight is 432 g/mol. The monoisotopic (exact) mass is 431 g/mol. The number of aromatic nitrogens is 2. The van der Waals surface area contributed by atoms with E-state index >= 15 is 0 Å². The summed E-state index contributed by atoms with van der Waals surface area (Å²) in [5.74, 6) is 0.846. The summed E-state index contributed by atoms with van der Waals surface area (Å²) in [5, 5.41) is 4.87. The molecule has 0 unspecified atom stereocenters. The molecule has 8 heteroatoms. The molecule has 2 fully saturated rings. The summed E-state index contributed by atoms with van der Waals surface area (Å²) in [4.78, 5) is 22.9. The lowest BCUT2D eigenvalue weighted by Crippen LogP contribution is -2.39. The van der Waals surface area contributed by atoms with Crippen molar-refractivity contribution in [3.63, 3.8) is 0 Å². The number of morpholine rings is 1. The maximum atomic E-state index is 13.7. The minimum atomic E-state index is 0.0667. The highest BCUT2D eigenvalue weighted by molar-refractivity contribution is 7.18. The summed E-state index contributed by atoms with van der Waals surface area (Å²) in [5.41, 5.74) is 1.07. The number of rotatable bonds is 5. The van der Waals surface area contributed by atoms with E-state index in [-0.39, 0.29) is 11.7 Å². The van der Waals surface area contributed by atoms with Crippen LogP contribution in [0.25, 0.3) is 20.7 Å². The van der Waals surface area contributed by atoms with Gasteiger partial charge in [-0.3, -0.25) is 14.3 Å². The fourth-order valence-electron chi connectivity index (χ4n) is 4.10. The van der Waals surface area contributed by atoms with Crippen LogP contribution in [0.1, 0.15) is 25.1 Å². The van der Waals surface area contributed by atoms with Crippen LogP contribution in [0.15, 0.2) is 27.7 Å². The first-order chi connectivity index (χ1) is 14.3. The highest BCUT2D eigenvalue weighted by Gasteiger charge is 2.23. The number of hydrogen-bond acceptors (Lipinski definition) is 7. The van der Waals surface area contributed by atoms with Crippen molar-refractivity contribution in [2.75, 3.05) is 32.9 Å². The van der Waals surface area contributed by atoms with Crippen molar-refractivity contribution < 1.29 is 9.47 Å². The molecule has 0 amide bonds. The van der Waals surface area contributed by atoms with Gasteiger partial charge in [-0.25, -0.2) is 4.98 Å². The van der Waals surface area contributed by atoms with Gasteiger partial charge in [-0.15, -0.1) is 22.7 Å². The van der Waals surface area contributed by atoms with E-state index in [0.29, 0.717) is 13.1 Å². The molecule has 5 heterocycles. The van der Waals surface area contributed by atoms with Crippen LogP contribution in [0.2, 0.25) is 0 Å². The first-order valence-electron chi connectivity index (χ1n) is 10.3. The zero-order valence-corrected chi connectivity index (χ0v) is 18.0. The summed E-state index contributed by atoms with van der Waals surface area (Å²) >= 11 is 3.23. The van der Waals surface area contributed by atoms with Crippen LogP contribution in [0, 0.1) is 0 Å². The summed E-state index contributed by atoms with van der Waals surface area (Å²) < 4.78 is 13.3. The summed E-state index contributed by atoms with van der Waals surface area (Å²) in [6.07, 6.45) is 3.36. The zero-order valence-electron chi connectivity index (χ0n) is 16.3. The number of ether oxygens (including phenoxy) is 2. The van der Waals surface area contributed by atoms with E-state index < -0.39 is 0 Å². The number of fused-ring (bicyclic) bond motifs is 1. The quantitative estimate of drug-likeness (QED) is 0.618. The molecular weight excluding hydrogens is 406 g/mol. The van der Waals surface area contributed by atoms with Crippen molar-refractivity contribution in [2.24, 2.45) is 0 Å². The van der Waals surface area contributed by atoms with Crippen molar-refractivity contribution in [3.05, 3.63) is 39.1 Å². The first kappa shape index (κ1) is 19.4. The molecule has 2 aliphatic heterocycles. The Balaban J connectivity index is 1.57. The number of hydrogen-bond donors (Lipinski definition) is 0. The minimum absolute atomic E-state index is 0.0667. The third kappa shape index (κ3) is 4.04. The van der Waals surface area contributed by atoms with Crippen molar-refractivity contribution in [1.82, 2.24) is 14.5 Å². The summed E-state index contributed by atoms with van der Waals surface area (Å²) in [6, 6.07) is 4.10. The molecule has 1 atom stereocenters. The third-order valence-corrected chi connectivity index (χ3v) is 7.46. The van der Waals surface area contributed by atoms with E-state index in [1.165, 1.54) is 0 Å². The van der Waals surface area contributed by atoms with Gasteiger partial charge in [-0.1, -0.05) is 6.07 Å². The Bertz CT molecular complexity index is 1020. The maximum absolute atomic E-state index is 13.7. The van der Waals surface area contributed by atoms with Gasteiger partial charge in [-0.2, -0.15) is 0 Å². The SMILES string of the molecule is O=c1c2c(-c3cccs3)csc2nc(CN2CCOCC2)n1C[C@@H]1CCCCO1. The van der Waals surface area contributed by atoms with Crippen molar-refractivity contribution >= 4 is 32.9 Å². The molecule has 2 saturated heterocycles. The Morgan fingerprint density at radius 2 is 2.07 bits per heavy atom. The zero-order chi connectivity index (χ0) is 19.6. The van der Waals surface area contributed by atoms with Gasteiger partial charge in [0.15, 0.2) is 0 Å². The van der Waals surface area contributed by atoms with E-state index in [0.717, 1.165) is 78.7 Å². The highest BCUT2D eigenvalue weighted by atomic mass is 32.1. The van der Waals surface area contributed by atoms with Gasteiger partial charge in [-0.05, 0) is 30.7 Å². The fraction of sp³-hybridized carbons (Fsp3) is 0.524. The van der Waals surface area contributed by atoms with E-state index in [9.17, 15) is 4.79 Å². The van der Waals surface area contributed by atoms with E-state index in [1.807, 2.05) is 16.0 Å². The van der Waals surface area contributed by atoms with Gasteiger partial charge < -0.3 is 9.47 Å². The maximum Gasteiger partial charge on any atom is 0.263 e. The molecule has 2 aliphatic rings. The Morgan fingerprint density at radius 1 is 1.17 bits per heavy atom. The molecule has 0 N–H and O–H groups in total. The van der Waals surface area contributed by atoms with Gasteiger partial charge >= 0.3 is 0 Å². The molecule has 154 valence electrons. The van der Waals surface area contributed by atoms with Crippen molar-refractivity contribution in [2.45, 2.75) is 38.5 Å². The molecule has 0 spiro atoms. The van der Waals surface area contributed by atoms with Gasteiger partial charge in [0.2, 0.25) is 0 Å². The molecule has 0 radical (unpaired) electrons. The van der Waals surface area contributed by atoms with Gasteiger partial charge in [0.05, 0.1) is 37.8 Å². The van der Waals surface area contributed by atoms with Crippen LogP contribution in [-0.2, 0) is 22.6 Å². The van der Waals surface area contributed by atoms with Crippen LogP contribution < -0.4 is 5.56 Å². The molecule has 3 aromatic heterocycles. The smallest absolute Gasteiger partial charge is 0.263 e. The van der Waals surface area contributed by atoms with Gasteiger partial charge in [0.25, 0.3) is 5.56 Å². The molecule has 0 bridgehead atoms. The molecule has 6 nitrogen and oxygen atoms in total. The normalized spacial score (nSPS) is 21.0. The second kappa shape index (κ2) is 8.65. The van der Waals surface area contributed by atoms with Gasteiger partial charge in [0.1, 0.15) is 10.7 Å². The van der Waals surface area contributed by atoms with Crippen LogP contribution >= 0.6 is 22.7 Å². The Labute approximate surface area is 177 Å². The molecule has 5 rings (SSSR count). The van der Waals surface area contributed by atoms with Crippen molar-refractivity contribution in [3.8, 4) is 10.4 Å². The van der Waals surface area contributed by atoms with Crippen LogP contribution in [0.3, 0.4) is 0 Å². The molecule has 0 saturated carbocycles. The molecule has 0 aromatic carbocycles. The molecular formula is C21H25N3O3S2. The topological polar surface area (TPSA) is 56.6 Å². The lowest BCUT2D eigenvalue weighted by Gasteiger charge is -2.28. The van der Waals surface area contributed by atoms with E-state index in [1.54, 1.807) is 22.7 Å². The Kier molecular flexibility index (Phi) is 5.78. The van der Waals surface area contributed by atoms with E-state index in [2.05, 4.69) is 16.3 Å². The van der Waals surface area contributed by atoms with Gasteiger partial charge in [0, 0.05) is 35.5 Å². The molecule has 29 heavy (non-hydrogen) atoms. The number of nitrogens with zero attached hydrogens (tertiary/aromatic N) is 3. The predicted molar refractivity (Wildman–Crippen MR) is 117 cm³/mol. The lowest BCUT2D eigenvalue weighted by molar-refractivity contribution is 0.00333. The Hall–Kier alpha value is -1.58. The first-order valence-corrected chi connectivity index (χ1v) is 12.0. The summed E-state index contributed by atoms with van der Waals surface area (Å²) in [6.45, 7) is 5.26. The third-order valence-electron chi connectivity index (χ3n) is 5.69. The predicted octanol–water partition coefficient (Wildman–Crippen LogP) is 3.59. The van der Waals surface area contributed by atoms with Crippen LogP contribution in [-0.4, -0.2) is 53.5 Å². The second-order valence-corrected chi connectivity index (χ2v) is 9.43. The highest BCUT2D eigenvalue weighted by Crippen LogP contribution is 2.34. The largest absolute Gasteiger partial charge is 0.379 e. The standard InChI is InChI=1S/C21H25N3O3S2/c25-21-19-16(17-5-3-11-28-17)14-29-20(19)22-18(13-23-6-9-26-10-7-23)24(21)12-15-4-1-2-8-27-15/h3,5,11,14-15H,1-2,4,6-10,12-13H2/t15-/m0/s1. The lowest BCUT2D eigenvalue weighted by atomic mass is 10.1. The fourth-order valence-corrected chi connectivity index (χ4v) is 5.87. The van der Waals surface area contributed by atoms with Crippen LogP contribution in [0.5, 0.6) is 0 Å². The second-order valence-electron chi connectivity index (χ2n) is 7.63. The average Bonchev–Trinajstić information content (AvgIpc) is 3.42. The minimum Gasteiger partial charge on any atom is -0.379 e. The molecule has 0 aliphatic carbocycles. The van der Waals surface area contributed by atoms with Crippen LogP contribution in [0.4, 0.5) is 0 Å². The van der Waals surface area contributed by atoms with E-state index in [4.69, 9.17) is 14.5 Å². The number of thiophene rings is 2. The summed E-state index contributed by atoms with van der Waals surface area (Å²) in [7, 11) is 0.